The third-order valence-corrected chi connectivity index (χ3v) is 5.15. The number of methoxy groups -OCH3 is 1. The molecule has 1 saturated heterocycles. The van der Waals surface area contributed by atoms with E-state index >= 15 is 0 Å². The Morgan fingerprint density at radius 2 is 2.16 bits per heavy atom. The average Bonchev–Trinajstić information content (AvgIpc) is 3.20. The third-order valence-electron chi connectivity index (χ3n) is 3.92. The number of hydrogen-bond acceptors (Lipinski definition) is 6. The molecule has 134 valence electrons. The average molecular weight is 401 g/mol. The quantitative estimate of drug-likeness (QED) is 0.801. The van der Waals surface area contributed by atoms with Gasteiger partial charge in [-0.05, 0) is 31.0 Å². The van der Waals surface area contributed by atoms with E-state index < -0.39 is 0 Å². The van der Waals surface area contributed by atoms with Gasteiger partial charge in [0.1, 0.15) is 11.9 Å². The Kier molecular flexibility index (Phi) is 6.11. The van der Waals surface area contributed by atoms with E-state index in [0.29, 0.717) is 28.8 Å². The highest BCUT2D eigenvalue weighted by atomic mass is 35.5. The van der Waals surface area contributed by atoms with Gasteiger partial charge in [-0.15, -0.1) is 0 Å². The zero-order valence-electron chi connectivity index (χ0n) is 13.7. The van der Waals surface area contributed by atoms with Crippen molar-refractivity contribution in [3.8, 4) is 0 Å². The predicted octanol–water partition coefficient (Wildman–Crippen LogP) is 3.64. The van der Waals surface area contributed by atoms with E-state index in [0.717, 1.165) is 30.3 Å². The van der Waals surface area contributed by atoms with E-state index in [9.17, 15) is 4.79 Å². The molecule has 2 aromatic rings. The summed E-state index contributed by atoms with van der Waals surface area (Å²) in [7, 11) is 1.65. The van der Waals surface area contributed by atoms with Crippen LogP contribution >= 0.6 is 34.7 Å². The first-order valence-corrected chi connectivity index (χ1v) is 9.45. The molecule has 1 unspecified atom stereocenters. The zero-order valence-corrected chi connectivity index (χ0v) is 16.0. The highest BCUT2D eigenvalue weighted by Gasteiger charge is 2.33. The van der Waals surface area contributed by atoms with Gasteiger partial charge in [-0.1, -0.05) is 23.2 Å². The summed E-state index contributed by atoms with van der Waals surface area (Å²) in [5, 5.41) is 4.63. The van der Waals surface area contributed by atoms with Gasteiger partial charge in [0, 0.05) is 47.3 Å². The van der Waals surface area contributed by atoms with Crippen molar-refractivity contribution < 1.29 is 9.53 Å². The Balaban J connectivity index is 1.70. The molecule has 6 nitrogen and oxygen atoms in total. The number of carbonyl (C=O) groups is 1. The van der Waals surface area contributed by atoms with E-state index in [1.165, 1.54) is 11.5 Å². The minimum Gasteiger partial charge on any atom is -0.384 e. The normalized spacial score (nSPS) is 17.1. The predicted molar refractivity (Wildman–Crippen MR) is 101 cm³/mol. The summed E-state index contributed by atoms with van der Waals surface area (Å²) in [5.41, 5.74) is 0.590. The number of aromatic nitrogens is 2. The first-order chi connectivity index (χ1) is 12.1. The number of hydrogen-bond donors (Lipinski definition) is 1. The summed E-state index contributed by atoms with van der Waals surface area (Å²) in [4.78, 5) is 19.2. The second-order valence-electron chi connectivity index (χ2n) is 5.73. The molecule has 1 aliphatic rings. The number of nitrogens with zero attached hydrogens (tertiary/aromatic N) is 3. The Labute approximate surface area is 160 Å². The molecule has 3 rings (SSSR count). The Morgan fingerprint density at radius 3 is 2.88 bits per heavy atom. The highest BCUT2D eigenvalue weighted by molar-refractivity contribution is 7.09. The number of amides is 1. The molecule has 0 radical (unpaired) electrons. The summed E-state index contributed by atoms with van der Waals surface area (Å²) in [5.74, 6) is 0.652. The molecule has 25 heavy (non-hydrogen) atoms. The Morgan fingerprint density at radius 1 is 1.40 bits per heavy atom. The fraction of sp³-hybridized carbons (Fsp3) is 0.438. The van der Waals surface area contributed by atoms with Gasteiger partial charge in [0.05, 0.1) is 6.61 Å². The number of rotatable bonds is 6. The summed E-state index contributed by atoms with van der Waals surface area (Å²) in [6.07, 6.45) is 2.37. The van der Waals surface area contributed by atoms with Crippen LogP contribution in [0.4, 0.5) is 10.8 Å². The van der Waals surface area contributed by atoms with E-state index in [1.54, 1.807) is 25.3 Å². The van der Waals surface area contributed by atoms with Crippen LogP contribution in [0.25, 0.3) is 0 Å². The van der Waals surface area contributed by atoms with Gasteiger partial charge in [-0.25, -0.2) is 4.98 Å². The van der Waals surface area contributed by atoms with Gasteiger partial charge < -0.3 is 15.0 Å². The lowest BCUT2D eigenvalue weighted by atomic mass is 10.2. The molecule has 0 bridgehead atoms. The molecule has 1 fully saturated rings. The standard InChI is InChI=1S/C16H18Cl2N4O2S/c1-24-6-4-14-20-16(25-21-14)22-5-2-3-13(22)15(23)19-12-8-10(17)7-11(18)9-12/h7-9,13H,2-6H2,1H3,(H,19,23). The van der Waals surface area contributed by atoms with Crippen molar-refractivity contribution in [2.45, 2.75) is 25.3 Å². The Bertz CT molecular complexity index is 735. The maximum atomic E-state index is 12.7. The lowest BCUT2D eigenvalue weighted by Gasteiger charge is -2.22. The van der Waals surface area contributed by atoms with Crippen molar-refractivity contribution in [2.24, 2.45) is 0 Å². The van der Waals surface area contributed by atoms with Gasteiger partial charge in [0.2, 0.25) is 11.0 Å². The van der Waals surface area contributed by atoms with Gasteiger partial charge in [0.15, 0.2) is 0 Å². The fourth-order valence-electron chi connectivity index (χ4n) is 2.78. The number of anilines is 2. The van der Waals surface area contributed by atoms with Crippen LogP contribution in [-0.4, -0.2) is 41.6 Å². The van der Waals surface area contributed by atoms with E-state index in [1.807, 2.05) is 4.90 Å². The minimum absolute atomic E-state index is 0.0931. The molecular formula is C16H18Cl2N4O2S. The van der Waals surface area contributed by atoms with Crippen LogP contribution in [-0.2, 0) is 16.0 Å². The summed E-state index contributed by atoms with van der Waals surface area (Å²) >= 11 is 13.3. The Hall–Kier alpha value is -1.41. The van der Waals surface area contributed by atoms with Crippen LogP contribution in [0.2, 0.25) is 10.0 Å². The smallest absolute Gasteiger partial charge is 0.247 e. The number of ether oxygens (including phenoxy) is 1. The molecule has 1 N–H and O–H groups in total. The summed E-state index contributed by atoms with van der Waals surface area (Å²) < 4.78 is 9.39. The lowest BCUT2D eigenvalue weighted by Crippen LogP contribution is -2.39. The van der Waals surface area contributed by atoms with Gasteiger partial charge in [0.25, 0.3) is 0 Å². The first kappa shape index (κ1) is 18.4. The molecule has 1 atom stereocenters. The number of nitrogens with one attached hydrogen (secondary N) is 1. The van der Waals surface area contributed by atoms with Gasteiger partial charge >= 0.3 is 0 Å². The van der Waals surface area contributed by atoms with Gasteiger partial charge in [-0.2, -0.15) is 4.37 Å². The highest BCUT2D eigenvalue weighted by Crippen LogP contribution is 2.29. The van der Waals surface area contributed by atoms with Crippen LogP contribution < -0.4 is 10.2 Å². The van der Waals surface area contributed by atoms with Crippen molar-refractivity contribution in [2.75, 3.05) is 30.5 Å². The molecule has 1 aromatic heterocycles. The van der Waals surface area contributed by atoms with Crippen molar-refractivity contribution in [1.82, 2.24) is 9.36 Å². The van der Waals surface area contributed by atoms with Crippen LogP contribution in [0.15, 0.2) is 18.2 Å². The van der Waals surface area contributed by atoms with E-state index in [4.69, 9.17) is 27.9 Å². The van der Waals surface area contributed by atoms with Crippen molar-refractivity contribution in [3.05, 3.63) is 34.1 Å². The first-order valence-electron chi connectivity index (χ1n) is 7.92. The lowest BCUT2D eigenvalue weighted by molar-refractivity contribution is -0.117. The van der Waals surface area contributed by atoms with Crippen LogP contribution in [0.3, 0.4) is 0 Å². The molecule has 0 saturated carbocycles. The van der Waals surface area contributed by atoms with Gasteiger partial charge in [-0.3, -0.25) is 4.79 Å². The number of benzene rings is 1. The molecule has 2 heterocycles. The van der Waals surface area contributed by atoms with Crippen LogP contribution in [0.5, 0.6) is 0 Å². The largest absolute Gasteiger partial charge is 0.384 e. The topological polar surface area (TPSA) is 67.3 Å². The third kappa shape index (κ3) is 4.61. The zero-order chi connectivity index (χ0) is 17.8. The fourth-order valence-corrected chi connectivity index (χ4v) is 4.09. The number of halogens is 2. The molecule has 1 aliphatic heterocycles. The van der Waals surface area contributed by atoms with Crippen LogP contribution in [0, 0.1) is 0 Å². The maximum absolute atomic E-state index is 12.7. The second kappa shape index (κ2) is 8.31. The molecule has 0 aliphatic carbocycles. The van der Waals surface area contributed by atoms with Crippen LogP contribution in [0.1, 0.15) is 18.7 Å². The molecule has 1 amide bonds. The monoisotopic (exact) mass is 400 g/mol. The summed E-state index contributed by atoms with van der Waals surface area (Å²) in [6, 6.07) is 4.71. The molecule has 0 spiro atoms. The molecule has 1 aromatic carbocycles. The molecule has 9 heteroatoms. The van der Waals surface area contributed by atoms with Crippen molar-refractivity contribution >= 4 is 51.5 Å². The molecular weight excluding hydrogens is 383 g/mol. The van der Waals surface area contributed by atoms with E-state index in [2.05, 4.69) is 14.7 Å². The second-order valence-corrected chi connectivity index (χ2v) is 7.34. The SMILES string of the molecule is COCCc1nsc(N2CCCC2C(=O)Nc2cc(Cl)cc(Cl)c2)n1. The minimum atomic E-state index is -0.277. The maximum Gasteiger partial charge on any atom is 0.247 e. The van der Waals surface area contributed by atoms with E-state index in [-0.39, 0.29) is 11.9 Å². The van der Waals surface area contributed by atoms with Crippen molar-refractivity contribution in [3.63, 3.8) is 0 Å². The van der Waals surface area contributed by atoms with Crippen molar-refractivity contribution in [1.29, 1.82) is 0 Å². The summed E-state index contributed by atoms with van der Waals surface area (Å²) in [6.45, 7) is 1.36. The number of carbonyl (C=O) groups excluding carboxylic acids is 1.